The lowest BCUT2D eigenvalue weighted by Crippen LogP contribution is -2.33. The third kappa shape index (κ3) is 9.42. The van der Waals surface area contributed by atoms with Crippen LogP contribution < -0.4 is 26.0 Å². The van der Waals surface area contributed by atoms with E-state index in [1.54, 1.807) is 26.4 Å². The topological polar surface area (TPSA) is 121 Å². The predicted octanol–water partition coefficient (Wildman–Crippen LogP) is 4.24. The van der Waals surface area contributed by atoms with Gasteiger partial charge in [0, 0.05) is 51.1 Å². The van der Waals surface area contributed by atoms with E-state index in [1.165, 1.54) is 18.6 Å². The summed E-state index contributed by atoms with van der Waals surface area (Å²) in [6.45, 7) is 11.5. The Hall–Kier alpha value is -4.44. The molecule has 39 heavy (non-hydrogen) atoms. The zero-order valence-corrected chi connectivity index (χ0v) is 23.5. The maximum Gasteiger partial charge on any atom is 0.247 e. The molecule has 1 aromatic heterocycles. The minimum absolute atomic E-state index is 0.306. The number of hydrogen-bond acceptors (Lipinski definition) is 9. The summed E-state index contributed by atoms with van der Waals surface area (Å²) >= 11 is 0. The number of rotatable bonds is 15. The highest BCUT2D eigenvalue weighted by Gasteiger charge is 2.17. The summed E-state index contributed by atoms with van der Waals surface area (Å²) in [5.74, 6) is 0.835. The number of anilines is 4. The fraction of sp³-hybridized carbons (Fsp3) is 0.310. The summed E-state index contributed by atoms with van der Waals surface area (Å²) in [6.07, 6.45) is 13.1. The van der Waals surface area contributed by atoms with Crippen molar-refractivity contribution in [3.8, 4) is 5.75 Å². The van der Waals surface area contributed by atoms with Crippen LogP contribution in [0.3, 0.4) is 0 Å². The van der Waals surface area contributed by atoms with Crippen molar-refractivity contribution in [3.63, 3.8) is 0 Å². The largest absolute Gasteiger partial charge is 0.494 e. The van der Waals surface area contributed by atoms with Crippen molar-refractivity contribution in [2.24, 2.45) is 10.7 Å². The van der Waals surface area contributed by atoms with E-state index in [2.05, 4.69) is 55.8 Å². The molecule has 0 saturated heterocycles. The smallest absolute Gasteiger partial charge is 0.247 e. The van der Waals surface area contributed by atoms with Crippen molar-refractivity contribution in [2.45, 2.75) is 13.8 Å². The first-order valence-electron chi connectivity index (χ1n) is 12.8. The molecule has 10 heteroatoms. The lowest BCUT2D eigenvalue weighted by Gasteiger charge is -2.27. The van der Waals surface area contributed by atoms with Crippen LogP contribution in [-0.2, 0) is 4.79 Å². The Morgan fingerprint density at radius 1 is 1.15 bits per heavy atom. The molecule has 208 valence electrons. The van der Waals surface area contributed by atoms with Crippen LogP contribution in [0.25, 0.3) is 5.57 Å². The van der Waals surface area contributed by atoms with Gasteiger partial charge in [0.1, 0.15) is 17.9 Å². The third-order valence-electron chi connectivity index (χ3n) is 5.95. The molecule has 0 fully saturated rings. The van der Waals surface area contributed by atoms with Crippen molar-refractivity contribution in [1.82, 2.24) is 14.9 Å². The summed E-state index contributed by atoms with van der Waals surface area (Å²) in [6, 6.07) is 5.55. The van der Waals surface area contributed by atoms with Gasteiger partial charge in [-0.25, -0.2) is 9.97 Å². The van der Waals surface area contributed by atoms with E-state index >= 15 is 0 Å². The number of carbonyl (C=O) groups is 1. The molecule has 0 saturated carbocycles. The van der Waals surface area contributed by atoms with Crippen molar-refractivity contribution >= 4 is 40.6 Å². The molecule has 4 N–H and O–H groups in total. The Balaban J connectivity index is 2.47. The van der Waals surface area contributed by atoms with Gasteiger partial charge in [0.15, 0.2) is 0 Å². The van der Waals surface area contributed by atoms with Crippen molar-refractivity contribution in [1.29, 1.82) is 0 Å². The van der Waals surface area contributed by atoms with Gasteiger partial charge in [-0.15, -0.1) is 0 Å². The number of carbonyl (C=O) groups excluding carboxylic acids is 1. The van der Waals surface area contributed by atoms with Crippen LogP contribution >= 0.6 is 0 Å². The first kappa shape index (κ1) is 30.8. The number of likely N-dealkylation sites (N-methyl/N-ethyl adjacent to an activating group) is 2. The number of nitrogens with two attached hydrogens (primary N) is 1. The Morgan fingerprint density at radius 2 is 1.92 bits per heavy atom. The van der Waals surface area contributed by atoms with Crippen LogP contribution in [-0.4, -0.2) is 74.4 Å². The minimum atomic E-state index is -0.306. The average molecular weight is 533 g/mol. The van der Waals surface area contributed by atoms with Crippen molar-refractivity contribution in [2.75, 3.05) is 62.9 Å². The second-order valence-electron chi connectivity index (χ2n) is 8.40. The van der Waals surface area contributed by atoms with Crippen LogP contribution in [0.2, 0.25) is 0 Å². The van der Waals surface area contributed by atoms with E-state index in [9.17, 15) is 4.79 Å². The molecule has 0 spiro atoms. The standard InChI is InChI=1S/C29H40N8O2/c1-7-29(38)35-24-18-25(27(39-6)20-26(24)36(5)16-17-37(8-2)9-3)34-28-19-23(32-21-33-28)22(13-15-31-4)12-10-11-14-30/h7,10-15,18-21H,1,8-9,16-17,30H2,2-6H3,(H,35,38)(H,32,33,34). The van der Waals surface area contributed by atoms with Gasteiger partial charge in [-0.1, -0.05) is 32.6 Å². The highest BCUT2D eigenvalue weighted by molar-refractivity contribution is 6.02. The number of aromatic nitrogens is 2. The first-order chi connectivity index (χ1) is 18.9. The zero-order chi connectivity index (χ0) is 28.6. The number of ether oxygens (including phenoxy) is 1. The molecule has 0 radical (unpaired) electrons. The van der Waals surface area contributed by atoms with Crippen LogP contribution in [0.1, 0.15) is 19.5 Å². The first-order valence-corrected chi connectivity index (χ1v) is 12.8. The van der Waals surface area contributed by atoms with Crippen molar-refractivity contribution < 1.29 is 9.53 Å². The van der Waals surface area contributed by atoms with Gasteiger partial charge >= 0.3 is 0 Å². The number of nitrogens with one attached hydrogen (secondary N) is 2. The van der Waals surface area contributed by atoms with Crippen LogP contribution in [0.15, 0.2) is 72.7 Å². The fourth-order valence-electron chi connectivity index (χ4n) is 3.71. The van der Waals surface area contributed by atoms with Crippen LogP contribution in [0.5, 0.6) is 5.75 Å². The molecular formula is C29H40N8O2. The molecule has 10 nitrogen and oxygen atoms in total. The van der Waals surface area contributed by atoms with E-state index in [4.69, 9.17) is 10.5 Å². The van der Waals surface area contributed by atoms with Gasteiger partial charge in [-0.2, -0.15) is 0 Å². The van der Waals surface area contributed by atoms with Gasteiger partial charge < -0.3 is 30.9 Å². The second kappa shape index (κ2) is 16.4. The van der Waals surface area contributed by atoms with Crippen molar-refractivity contribution in [3.05, 3.63) is 73.4 Å². The minimum Gasteiger partial charge on any atom is -0.494 e. The van der Waals surface area contributed by atoms with E-state index < -0.39 is 0 Å². The van der Waals surface area contributed by atoms with Crippen LogP contribution in [0, 0.1) is 0 Å². The van der Waals surface area contributed by atoms with Gasteiger partial charge in [0.2, 0.25) is 5.91 Å². The third-order valence-corrected chi connectivity index (χ3v) is 5.95. The Bertz CT molecular complexity index is 1220. The second-order valence-corrected chi connectivity index (χ2v) is 8.40. The molecule has 0 unspecified atom stereocenters. The Labute approximate surface area is 231 Å². The molecule has 2 aromatic rings. The zero-order valence-electron chi connectivity index (χ0n) is 23.5. The molecular weight excluding hydrogens is 492 g/mol. The molecule has 1 amide bonds. The lowest BCUT2D eigenvalue weighted by molar-refractivity contribution is -0.111. The predicted molar refractivity (Wildman–Crippen MR) is 163 cm³/mol. The fourth-order valence-corrected chi connectivity index (χ4v) is 3.71. The highest BCUT2D eigenvalue weighted by atomic mass is 16.5. The Morgan fingerprint density at radius 3 is 2.56 bits per heavy atom. The van der Waals surface area contributed by atoms with Gasteiger partial charge in [-0.05, 0) is 43.6 Å². The van der Waals surface area contributed by atoms with E-state index in [0.29, 0.717) is 28.6 Å². The molecule has 0 aliphatic rings. The maximum absolute atomic E-state index is 12.3. The number of benzene rings is 1. The molecule has 0 atom stereocenters. The molecule has 0 bridgehead atoms. The summed E-state index contributed by atoms with van der Waals surface area (Å²) < 4.78 is 5.72. The number of amides is 1. The average Bonchev–Trinajstić information content (AvgIpc) is 2.95. The number of allylic oxidation sites excluding steroid dienone is 5. The summed E-state index contributed by atoms with van der Waals surface area (Å²) in [5.41, 5.74) is 9.03. The van der Waals surface area contributed by atoms with E-state index in [0.717, 1.165) is 37.4 Å². The van der Waals surface area contributed by atoms with Gasteiger partial charge in [-0.3, -0.25) is 9.79 Å². The SMILES string of the molecule is C=CC(=O)Nc1cc(Nc2cc(C(C=CC=CN)=CC=NC)ncn2)c(OC)cc1N(C)CCN(CC)CC. The number of nitrogens with zero attached hydrogens (tertiary/aromatic N) is 5. The quantitative estimate of drug-likeness (QED) is 0.177. The van der Waals surface area contributed by atoms with Gasteiger partial charge in [0.25, 0.3) is 0 Å². The summed E-state index contributed by atoms with van der Waals surface area (Å²) in [4.78, 5) is 29.6. The summed E-state index contributed by atoms with van der Waals surface area (Å²) in [7, 11) is 5.30. The van der Waals surface area contributed by atoms with Crippen LogP contribution in [0.4, 0.5) is 22.9 Å². The van der Waals surface area contributed by atoms with E-state index in [-0.39, 0.29) is 5.91 Å². The highest BCUT2D eigenvalue weighted by Crippen LogP contribution is 2.38. The molecule has 0 aliphatic heterocycles. The van der Waals surface area contributed by atoms with Gasteiger partial charge in [0.05, 0.1) is 29.9 Å². The Kier molecular flexibility index (Phi) is 13.0. The number of hydrogen-bond donors (Lipinski definition) is 3. The lowest BCUT2D eigenvalue weighted by atomic mass is 10.1. The molecule has 0 aliphatic carbocycles. The molecule has 1 heterocycles. The normalized spacial score (nSPS) is 12.0. The number of methoxy groups -OCH3 is 1. The van der Waals surface area contributed by atoms with E-state index in [1.807, 2.05) is 43.5 Å². The maximum atomic E-state index is 12.3. The number of aliphatic imine (C=N–C) groups is 1. The monoisotopic (exact) mass is 532 g/mol. The molecule has 2 rings (SSSR count). The molecule has 1 aromatic carbocycles. The summed E-state index contributed by atoms with van der Waals surface area (Å²) in [5, 5.41) is 6.24.